The lowest BCUT2D eigenvalue weighted by atomic mass is 10.1. The smallest absolute Gasteiger partial charge is 0.0658 e. The first-order valence-corrected chi connectivity index (χ1v) is 3.89. The third-order valence-corrected chi connectivity index (χ3v) is 1.69. The summed E-state index contributed by atoms with van der Waals surface area (Å²) in [5.74, 6) is 0. The van der Waals surface area contributed by atoms with E-state index in [9.17, 15) is 0 Å². The summed E-state index contributed by atoms with van der Waals surface area (Å²) in [7, 11) is 0. The maximum absolute atomic E-state index is 4.18. The van der Waals surface area contributed by atoms with E-state index >= 15 is 0 Å². The lowest BCUT2D eigenvalue weighted by Crippen LogP contribution is -1.86. The van der Waals surface area contributed by atoms with Crippen molar-refractivity contribution in [3.8, 4) is 0 Å². The topological polar surface area (TPSA) is 12.9 Å². The summed E-state index contributed by atoms with van der Waals surface area (Å²) in [5, 5.41) is 0. The van der Waals surface area contributed by atoms with Crippen LogP contribution in [0.2, 0.25) is 0 Å². The second-order valence-corrected chi connectivity index (χ2v) is 2.99. The van der Waals surface area contributed by atoms with Gasteiger partial charge in [-0.05, 0) is 37.1 Å². The minimum Gasteiger partial charge on any atom is -0.257 e. The molecule has 0 N–H and O–H groups in total. The van der Waals surface area contributed by atoms with Crippen molar-refractivity contribution in [1.82, 2.24) is 4.98 Å². The number of pyridine rings is 1. The van der Waals surface area contributed by atoms with Crippen LogP contribution in [-0.2, 0) is 0 Å². The summed E-state index contributed by atoms with van der Waals surface area (Å²) in [4.78, 5) is 4.18. The van der Waals surface area contributed by atoms with E-state index in [0.717, 1.165) is 22.4 Å². The van der Waals surface area contributed by atoms with Gasteiger partial charge in [-0.1, -0.05) is 18.7 Å². The fourth-order valence-corrected chi connectivity index (χ4v) is 0.929. The van der Waals surface area contributed by atoms with Crippen molar-refractivity contribution >= 4 is 11.1 Å². The van der Waals surface area contributed by atoms with E-state index in [4.69, 9.17) is 0 Å². The first kappa shape index (κ1) is 8.72. The minimum atomic E-state index is 0.940. The predicted molar refractivity (Wildman–Crippen MR) is 53.7 cm³/mol. The molecular formula is C11H13N. The number of aromatic nitrogens is 1. The van der Waals surface area contributed by atoms with E-state index in [1.807, 2.05) is 26.0 Å². The average Bonchev–Trinajstić information content (AvgIpc) is 2.04. The van der Waals surface area contributed by atoms with Gasteiger partial charge in [0.2, 0.25) is 0 Å². The van der Waals surface area contributed by atoms with Gasteiger partial charge in [0, 0.05) is 6.20 Å². The van der Waals surface area contributed by atoms with E-state index in [1.54, 1.807) is 6.20 Å². The lowest BCUT2D eigenvalue weighted by Gasteiger charge is -2.02. The Morgan fingerprint density at radius 3 is 2.42 bits per heavy atom. The standard InChI is InChI=1S/C11H13N/c1-8(2)10-5-6-12-11(7-10)9(3)4/h5-7H,1,3H2,2,4H3. The minimum absolute atomic E-state index is 0.940. The third kappa shape index (κ3) is 1.82. The summed E-state index contributed by atoms with van der Waals surface area (Å²) >= 11 is 0. The Morgan fingerprint density at radius 1 is 1.25 bits per heavy atom. The van der Waals surface area contributed by atoms with E-state index in [0.29, 0.717) is 0 Å². The van der Waals surface area contributed by atoms with E-state index < -0.39 is 0 Å². The quantitative estimate of drug-likeness (QED) is 0.646. The van der Waals surface area contributed by atoms with Crippen molar-refractivity contribution in [3.63, 3.8) is 0 Å². The molecule has 0 spiro atoms. The Hall–Kier alpha value is -1.37. The molecule has 0 atom stereocenters. The fraction of sp³-hybridized carbons (Fsp3) is 0.182. The molecule has 1 aromatic rings. The highest BCUT2D eigenvalue weighted by molar-refractivity contribution is 5.66. The van der Waals surface area contributed by atoms with Gasteiger partial charge in [-0.2, -0.15) is 0 Å². The van der Waals surface area contributed by atoms with Crippen LogP contribution in [0.25, 0.3) is 11.1 Å². The molecular weight excluding hydrogens is 146 g/mol. The Morgan fingerprint density at radius 2 is 1.92 bits per heavy atom. The van der Waals surface area contributed by atoms with E-state index in [1.165, 1.54) is 0 Å². The Labute approximate surface area is 73.5 Å². The number of hydrogen-bond donors (Lipinski definition) is 0. The van der Waals surface area contributed by atoms with Gasteiger partial charge in [-0.25, -0.2) is 0 Å². The molecule has 0 radical (unpaired) electrons. The molecule has 0 saturated carbocycles. The van der Waals surface area contributed by atoms with Crippen molar-refractivity contribution < 1.29 is 0 Å². The first-order valence-electron chi connectivity index (χ1n) is 3.89. The molecule has 0 amide bonds. The van der Waals surface area contributed by atoms with Crippen LogP contribution in [-0.4, -0.2) is 4.98 Å². The van der Waals surface area contributed by atoms with Crippen LogP contribution in [0.5, 0.6) is 0 Å². The number of allylic oxidation sites excluding steroid dienone is 2. The van der Waals surface area contributed by atoms with Crippen molar-refractivity contribution in [3.05, 3.63) is 42.7 Å². The normalized spacial score (nSPS) is 9.50. The molecule has 0 aliphatic rings. The van der Waals surface area contributed by atoms with Crippen LogP contribution in [0.1, 0.15) is 25.1 Å². The zero-order valence-corrected chi connectivity index (χ0v) is 7.59. The summed E-state index contributed by atoms with van der Waals surface area (Å²) < 4.78 is 0. The molecule has 0 fully saturated rings. The molecule has 62 valence electrons. The lowest BCUT2D eigenvalue weighted by molar-refractivity contribution is 1.26. The van der Waals surface area contributed by atoms with Gasteiger partial charge in [-0.15, -0.1) is 0 Å². The maximum Gasteiger partial charge on any atom is 0.0658 e. The molecule has 0 aromatic carbocycles. The molecule has 0 bridgehead atoms. The predicted octanol–water partition coefficient (Wildman–Crippen LogP) is 3.15. The highest BCUT2D eigenvalue weighted by Crippen LogP contribution is 2.15. The Kier molecular flexibility index (Phi) is 2.44. The summed E-state index contributed by atoms with van der Waals surface area (Å²) in [6.07, 6.45) is 1.79. The highest BCUT2D eigenvalue weighted by Gasteiger charge is 1.97. The van der Waals surface area contributed by atoms with E-state index in [2.05, 4.69) is 18.1 Å². The number of hydrogen-bond acceptors (Lipinski definition) is 1. The van der Waals surface area contributed by atoms with Crippen molar-refractivity contribution in [1.29, 1.82) is 0 Å². The van der Waals surface area contributed by atoms with Crippen LogP contribution < -0.4 is 0 Å². The number of rotatable bonds is 2. The van der Waals surface area contributed by atoms with Crippen LogP contribution in [0.3, 0.4) is 0 Å². The van der Waals surface area contributed by atoms with Gasteiger partial charge < -0.3 is 0 Å². The molecule has 1 heteroatoms. The second-order valence-electron chi connectivity index (χ2n) is 2.99. The van der Waals surface area contributed by atoms with Crippen LogP contribution in [0.4, 0.5) is 0 Å². The van der Waals surface area contributed by atoms with Gasteiger partial charge in [0.1, 0.15) is 0 Å². The van der Waals surface area contributed by atoms with Gasteiger partial charge >= 0.3 is 0 Å². The van der Waals surface area contributed by atoms with Crippen molar-refractivity contribution in [2.45, 2.75) is 13.8 Å². The molecule has 0 unspecified atom stereocenters. The number of nitrogens with zero attached hydrogens (tertiary/aromatic N) is 1. The fourth-order valence-electron chi connectivity index (χ4n) is 0.929. The molecule has 0 aliphatic carbocycles. The molecule has 1 heterocycles. The van der Waals surface area contributed by atoms with Gasteiger partial charge in [0.25, 0.3) is 0 Å². The van der Waals surface area contributed by atoms with Gasteiger partial charge in [0.05, 0.1) is 5.69 Å². The Balaban J connectivity index is 3.12. The zero-order chi connectivity index (χ0) is 9.14. The zero-order valence-electron chi connectivity index (χ0n) is 7.59. The molecule has 1 rings (SSSR count). The van der Waals surface area contributed by atoms with Gasteiger partial charge in [0.15, 0.2) is 0 Å². The largest absolute Gasteiger partial charge is 0.257 e. The highest BCUT2D eigenvalue weighted by atomic mass is 14.7. The third-order valence-electron chi connectivity index (χ3n) is 1.69. The van der Waals surface area contributed by atoms with Crippen LogP contribution in [0, 0.1) is 0 Å². The second kappa shape index (κ2) is 3.35. The van der Waals surface area contributed by atoms with Crippen molar-refractivity contribution in [2.24, 2.45) is 0 Å². The van der Waals surface area contributed by atoms with Gasteiger partial charge in [-0.3, -0.25) is 4.98 Å². The molecule has 1 nitrogen and oxygen atoms in total. The maximum atomic E-state index is 4.18. The SMILES string of the molecule is C=C(C)c1ccnc(C(=C)C)c1. The summed E-state index contributed by atoms with van der Waals surface area (Å²) in [6.45, 7) is 11.6. The van der Waals surface area contributed by atoms with E-state index in [-0.39, 0.29) is 0 Å². The summed E-state index contributed by atoms with van der Waals surface area (Å²) in [5.41, 5.74) is 4.11. The summed E-state index contributed by atoms with van der Waals surface area (Å²) in [6, 6.07) is 3.96. The van der Waals surface area contributed by atoms with Crippen molar-refractivity contribution in [2.75, 3.05) is 0 Å². The monoisotopic (exact) mass is 159 g/mol. The first-order chi connectivity index (χ1) is 5.61. The van der Waals surface area contributed by atoms with Crippen LogP contribution >= 0.6 is 0 Å². The average molecular weight is 159 g/mol. The molecule has 0 aliphatic heterocycles. The molecule has 12 heavy (non-hydrogen) atoms. The Bertz CT molecular complexity index is 294. The van der Waals surface area contributed by atoms with Crippen LogP contribution in [0.15, 0.2) is 31.5 Å². The molecule has 0 saturated heterocycles. The molecule has 1 aromatic heterocycles.